The number of ether oxygens (including phenoxy) is 2. The van der Waals surface area contributed by atoms with Crippen LogP contribution in [0.2, 0.25) is 0 Å². The molecule has 1 aliphatic carbocycles. The van der Waals surface area contributed by atoms with Gasteiger partial charge in [0.1, 0.15) is 6.10 Å². The molecule has 3 rings (SSSR count). The third kappa shape index (κ3) is 1.98. The molecule has 0 spiro atoms. The van der Waals surface area contributed by atoms with Gasteiger partial charge in [-0.25, -0.2) is 4.79 Å². The van der Waals surface area contributed by atoms with Crippen molar-refractivity contribution in [3.63, 3.8) is 0 Å². The molecule has 8 nitrogen and oxygen atoms in total. The average Bonchev–Trinajstić information content (AvgIpc) is 2.91. The van der Waals surface area contributed by atoms with Gasteiger partial charge >= 0.3 is 5.69 Å². The number of rotatable bonds is 4. The Morgan fingerprint density at radius 1 is 1.55 bits per heavy atom. The van der Waals surface area contributed by atoms with Crippen molar-refractivity contribution in [2.24, 2.45) is 5.41 Å². The van der Waals surface area contributed by atoms with Crippen molar-refractivity contribution in [1.82, 2.24) is 9.55 Å². The molecule has 2 heterocycles. The van der Waals surface area contributed by atoms with Crippen LogP contribution in [0.25, 0.3) is 0 Å². The first-order chi connectivity index (χ1) is 10.4. The van der Waals surface area contributed by atoms with Crippen LogP contribution in [0.3, 0.4) is 0 Å². The Hall–Kier alpha value is -1.48. The number of fused-ring (bicyclic) bond motifs is 2. The van der Waals surface area contributed by atoms with Gasteiger partial charge in [0.05, 0.1) is 24.2 Å². The summed E-state index contributed by atoms with van der Waals surface area (Å²) >= 11 is 0. The summed E-state index contributed by atoms with van der Waals surface area (Å²) in [5.41, 5.74) is -1.54. The van der Waals surface area contributed by atoms with E-state index in [1.165, 1.54) is 10.8 Å². The van der Waals surface area contributed by atoms with E-state index in [4.69, 9.17) is 9.47 Å². The van der Waals surface area contributed by atoms with Crippen LogP contribution in [-0.4, -0.2) is 51.5 Å². The Kier molecular flexibility index (Phi) is 3.72. The summed E-state index contributed by atoms with van der Waals surface area (Å²) in [4.78, 5) is 25.8. The summed E-state index contributed by atoms with van der Waals surface area (Å²) in [7, 11) is 0. The Labute approximate surface area is 126 Å². The number of aliphatic hydroxyl groups excluding tert-OH is 2. The number of aromatic amines is 1. The van der Waals surface area contributed by atoms with Gasteiger partial charge in [0.25, 0.3) is 5.56 Å². The highest BCUT2D eigenvalue weighted by Gasteiger charge is 2.65. The monoisotopic (exact) mass is 312 g/mol. The second kappa shape index (κ2) is 5.31. The molecule has 5 atom stereocenters. The van der Waals surface area contributed by atoms with Crippen molar-refractivity contribution >= 4 is 0 Å². The Morgan fingerprint density at radius 3 is 2.91 bits per heavy atom. The molecular weight excluding hydrogens is 292 g/mol. The largest absolute Gasteiger partial charge is 0.395 e. The Balaban J connectivity index is 1.99. The van der Waals surface area contributed by atoms with Gasteiger partial charge in [-0.2, -0.15) is 0 Å². The number of hydrogen-bond donors (Lipinski definition) is 3. The predicted octanol–water partition coefficient (Wildman–Crippen LogP) is -1.11. The molecule has 122 valence electrons. The van der Waals surface area contributed by atoms with Crippen LogP contribution in [0, 0.1) is 12.3 Å². The van der Waals surface area contributed by atoms with E-state index in [0.717, 1.165) is 0 Å². The van der Waals surface area contributed by atoms with Crippen LogP contribution in [0.4, 0.5) is 0 Å². The molecule has 0 amide bonds. The van der Waals surface area contributed by atoms with Crippen molar-refractivity contribution in [1.29, 1.82) is 0 Å². The second-order valence-corrected chi connectivity index (χ2v) is 5.97. The molecule has 2 bridgehead atoms. The fourth-order valence-electron chi connectivity index (χ4n) is 3.52. The lowest BCUT2D eigenvalue weighted by Crippen LogP contribution is -2.44. The fourth-order valence-corrected chi connectivity index (χ4v) is 3.52. The van der Waals surface area contributed by atoms with E-state index in [1.54, 1.807) is 13.8 Å². The van der Waals surface area contributed by atoms with Crippen molar-refractivity contribution in [2.75, 3.05) is 13.2 Å². The van der Waals surface area contributed by atoms with Gasteiger partial charge in [-0.15, -0.1) is 0 Å². The summed E-state index contributed by atoms with van der Waals surface area (Å²) in [5.74, 6) is 0. The van der Waals surface area contributed by atoms with Crippen molar-refractivity contribution in [3.05, 3.63) is 32.6 Å². The standard InChI is InChI=1S/C14H20N2O6/c1-3-21-12-14(6-17)4-8(9(22-12)10(14)18)16-5-7(2)11(19)15-13(16)20/h5,8-10,12,17-18H,3-4,6H2,1-2H3,(H,15,19,20)/t8-,9?,10-,12?,14+/m1/s1. The normalized spacial score (nSPS) is 36.9. The topological polar surface area (TPSA) is 114 Å². The first-order valence-corrected chi connectivity index (χ1v) is 7.32. The molecular formula is C14H20N2O6. The molecule has 1 aliphatic heterocycles. The quantitative estimate of drug-likeness (QED) is 0.650. The lowest BCUT2D eigenvalue weighted by atomic mass is 9.85. The van der Waals surface area contributed by atoms with Crippen LogP contribution in [0.5, 0.6) is 0 Å². The van der Waals surface area contributed by atoms with E-state index < -0.39 is 41.2 Å². The van der Waals surface area contributed by atoms with Crippen LogP contribution in [0.1, 0.15) is 24.9 Å². The highest BCUT2D eigenvalue weighted by atomic mass is 16.7. The smallest absolute Gasteiger partial charge is 0.328 e. The second-order valence-electron chi connectivity index (χ2n) is 5.97. The summed E-state index contributed by atoms with van der Waals surface area (Å²) in [5, 5.41) is 20.2. The molecule has 2 aliphatic rings. The summed E-state index contributed by atoms with van der Waals surface area (Å²) < 4.78 is 12.6. The molecule has 2 fully saturated rings. The number of H-pyrrole nitrogens is 1. The molecule has 1 aromatic rings. The number of nitrogens with one attached hydrogen (secondary N) is 1. The van der Waals surface area contributed by atoms with E-state index in [2.05, 4.69) is 4.98 Å². The zero-order valence-electron chi connectivity index (χ0n) is 12.5. The third-order valence-electron chi connectivity index (χ3n) is 4.73. The molecule has 22 heavy (non-hydrogen) atoms. The van der Waals surface area contributed by atoms with Crippen LogP contribution < -0.4 is 11.2 Å². The average molecular weight is 312 g/mol. The van der Waals surface area contributed by atoms with E-state index in [-0.39, 0.29) is 6.61 Å². The number of hydrogen-bond acceptors (Lipinski definition) is 6. The molecule has 3 N–H and O–H groups in total. The molecule has 0 radical (unpaired) electrons. The van der Waals surface area contributed by atoms with Gasteiger partial charge in [-0.1, -0.05) is 0 Å². The predicted molar refractivity (Wildman–Crippen MR) is 75.5 cm³/mol. The SMILES string of the molecule is CCOC1OC2[C@H](n3cc(C)c(=O)[nH]c3=O)C[C@]1(CO)[C@@H]2O. The maximum atomic E-state index is 12.0. The van der Waals surface area contributed by atoms with E-state index in [1.807, 2.05) is 0 Å². The van der Waals surface area contributed by atoms with Gasteiger partial charge in [-0.3, -0.25) is 14.3 Å². The van der Waals surface area contributed by atoms with Gasteiger partial charge in [0.2, 0.25) is 0 Å². The van der Waals surface area contributed by atoms with Crippen LogP contribution in [0.15, 0.2) is 15.8 Å². The Morgan fingerprint density at radius 2 is 2.27 bits per heavy atom. The first kappa shape index (κ1) is 15.4. The highest BCUT2D eigenvalue weighted by molar-refractivity contribution is 5.13. The molecule has 8 heteroatoms. The number of aromatic nitrogens is 2. The van der Waals surface area contributed by atoms with Gasteiger partial charge in [0, 0.05) is 18.4 Å². The maximum absolute atomic E-state index is 12.0. The minimum atomic E-state index is -0.950. The molecule has 0 aromatic carbocycles. The van der Waals surface area contributed by atoms with Crippen LogP contribution >= 0.6 is 0 Å². The Bertz CT molecular complexity index is 683. The summed E-state index contributed by atoms with van der Waals surface area (Å²) in [6.07, 6.45) is -0.488. The molecule has 1 saturated carbocycles. The van der Waals surface area contributed by atoms with Gasteiger partial charge in [0.15, 0.2) is 6.29 Å². The number of nitrogens with zero attached hydrogens (tertiary/aromatic N) is 1. The number of aliphatic hydroxyl groups is 2. The minimum Gasteiger partial charge on any atom is -0.395 e. The van der Waals surface area contributed by atoms with E-state index >= 15 is 0 Å². The third-order valence-corrected chi connectivity index (χ3v) is 4.73. The fraction of sp³-hybridized carbons (Fsp3) is 0.714. The van der Waals surface area contributed by atoms with Crippen molar-refractivity contribution in [2.45, 2.75) is 44.8 Å². The van der Waals surface area contributed by atoms with Gasteiger partial charge < -0.3 is 19.7 Å². The van der Waals surface area contributed by atoms with Crippen LogP contribution in [-0.2, 0) is 9.47 Å². The summed E-state index contributed by atoms with van der Waals surface area (Å²) in [6, 6.07) is -0.457. The summed E-state index contributed by atoms with van der Waals surface area (Å²) in [6.45, 7) is 3.50. The lowest BCUT2D eigenvalue weighted by Gasteiger charge is -2.35. The zero-order valence-corrected chi connectivity index (χ0v) is 12.5. The van der Waals surface area contributed by atoms with Crippen molar-refractivity contribution in [3.8, 4) is 0 Å². The lowest BCUT2D eigenvalue weighted by molar-refractivity contribution is -0.211. The van der Waals surface area contributed by atoms with Crippen molar-refractivity contribution < 1.29 is 19.7 Å². The highest BCUT2D eigenvalue weighted by Crippen LogP contribution is 2.55. The van der Waals surface area contributed by atoms with E-state index in [0.29, 0.717) is 18.6 Å². The minimum absolute atomic E-state index is 0.303. The number of aryl methyl sites for hydroxylation is 1. The molecule has 1 aromatic heterocycles. The molecule has 1 saturated heterocycles. The van der Waals surface area contributed by atoms with Gasteiger partial charge in [-0.05, 0) is 20.3 Å². The molecule has 2 unspecified atom stereocenters. The van der Waals surface area contributed by atoms with E-state index in [9.17, 15) is 19.8 Å². The first-order valence-electron chi connectivity index (χ1n) is 7.32. The zero-order chi connectivity index (χ0) is 16.1. The maximum Gasteiger partial charge on any atom is 0.328 e.